The number of amides is 1. The minimum Gasteiger partial charge on any atom is -0.324 e. The molecule has 1 N–H and O–H groups in total. The van der Waals surface area contributed by atoms with E-state index >= 15 is 0 Å². The first-order valence-corrected chi connectivity index (χ1v) is 7.71. The van der Waals surface area contributed by atoms with Gasteiger partial charge in [0.05, 0.1) is 12.2 Å². The van der Waals surface area contributed by atoms with E-state index in [0.29, 0.717) is 13.1 Å². The Hall–Kier alpha value is -2.58. The average molecular weight is 308 g/mol. The molecule has 1 aliphatic rings. The first-order valence-electron chi connectivity index (χ1n) is 7.71. The van der Waals surface area contributed by atoms with Crippen LogP contribution in [0.2, 0.25) is 0 Å². The zero-order valence-electron chi connectivity index (χ0n) is 13.2. The molecular formula is C18H20N4O. The molecule has 0 saturated carbocycles. The minimum atomic E-state index is -0.154. The average Bonchev–Trinajstić information content (AvgIpc) is 2.88. The van der Waals surface area contributed by atoms with Crippen molar-refractivity contribution in [3.05, 3.63) is 47.8 Å². The van der Waals surface area contributed by atoms with Crippen molar-refractivity contribution in [3.8, 4) is 12.3 Å². The number of fused-ring (bicyclic) bond motifs is 1. The second-order valence-electron chi connectivity index (χ2n) is 5.87. The Morgan fingerprint density at radius 1 is 1.48 bits per heavy atom. The molecule has 0 bridgehead atoms. The molecule has 5 heteroatoms. The molecule has 0 saturated heterocycles. The largest absolute Gasteiger partial charge is 0.324 e. The molecule has 23 heavy (non-hydrogen) atoms. The van der Waals surface area contributed by atoms with Gasteiger partial charge in [-0.25, -0.2) is 0 Å². The molecule has 1 amide bonds. The molecule has 0 fully saturated rings. The van der Waals surface area contributed by atoms with Crippen LogP contribution in [0.25, 0.3) is 0 Å². The molecule has 1 aromatic heterocycles. The second-order valence-corrected chi connectivity index (χ2v) is 5.87. The third-order valence-corrected chi connectivity index (χ3v) is 4.17. The Bertz CT molecular complexity index is 743. The number of para-hydroxylation sites is 1. The molecule has 0 unspecified atom stereocenters. The number of benzene rings is 1. The number of aromatic nitrogens is 2. The summed E-state index contributed by atoms with van der Waals surface area (Å²) in [6, 6.07) is 7.83. The van der Waals surface area contributed by atoms with E-state index in [1.807, 2.05) is 31.4 Å². The van der Waals surface area contributed by atoms with Crippen molar-refractivity contribution in [2.75, 3.05) is 12.4 Å². The molecule has 1 aliphatic heterocycles. The molecule has 3 rings (SSSR count). The first-order chi connectivity index (χ1) is 11.2. The summed E-state index contributed by atoms with van der Waals surface area (Å²) in [6.45, 7) is 1.13. The number of hydrogen-bond donors (Lipinski definition) is 1. The van der Waals surface area contributed by atoms with Gasteiger partial charge in [-0.05, 0) is 31.5 Å². The van der Waals surface area contributed by atoms with E-state index < -0.39 is 0 Å². The monoisotopic (exact) mass is 308 g/mol. The third-order valence-electron chi connectivity index (χ3n) is 4.17. The van der Waals surface area contributed by atoms with Gasteiger partial charge in [0.2, 0.25) is 5.91 Å². The highest BCUT2D eigenvalue weighted by Gasteiger charge is 2.27. The summed E-state index contributed by atoms with van der Waals surface area (Å²) in [5.74, 6) is 2.61. The fourth-order valence-electron chi connectivity index (χ4n) is 2.99. The van der Waals surface area contributed by atoms with Crippen molar-refractivity contribution in [1.82, 2.24) is 14.7 Å². The fraction of sp³-hybridized carbons (Fsp3) is 0.333. The SMILES string of the molecule is C#CCn1cc(CN(C)[C@H]2CCc3ccccc3NC2=O)cn1. The predicted octanol–water partition coefficient (Wildman–Crippen LogP) is 1.90. The van der Waals surface area contributed by atoms with Gasteiger partial charge in [0.1, 0.15) is 6.54 Å². The molecule has 0 radical (unpaired) electrons. The van der Waals surface area contributed by atoms with E-state index in [2.05, 4.69) is 27.3 Å². The van der Waals surface area contributed by atoms with E-state index in [0.717, 1.165) is 24.1 Å². The van der Waals surface area contributed by atoms with Crippen LogP contribution in [0.15, 0.2) is 36.7 Å². The van der Waals surface area contributed by atoms with Gasteiger partial charge in [-0.1, -0.05) is 24.1 Å². The maximum absolute atomic E-state index is 12.5. The van der Waals surface area contributed by atoms with Crippen molar-refractivity contribution in [2.24, 2.45) is 0 Å². The van der Waals surface area contributed by atoms with Gasteiger partial charge in [0, 0.05) is 24.0 Å². The molecule has 5 nitrogen and oxygen atoms in total. The third kappa shape index (κ3) is 3.43. The summed E-state index contributed by atoms with van der Waals surface area (Å²) in [5.41, 5.74) is 3.17. The minimum absolute atomic E-state index is 0.0495. The summed E-state index contributed by atoms with van der Waals surface area (Å²) >= 11 is 0. The van der Waals surface area contributed by atoms with Crippen LogP contribution in [-0.4, -0.2) is 33.7 Å². The molecule has 0 spiro atoms. The topological polar surface area (TPSA) is 50.2 Å². The maximum atomic E-state index is 12.5. The normalized spacial score (nSPS) is 17.3. The number of likely N-dealkylation sites (N-methyl/N-ethyl adjacent to an activating group) is 1. The zero-order chi connectivity index (χ0) is 16.2. The summed E-state index contributed by atoms with van der Waals surface area (Å²) in [5, 5.41) is 7.26. The van der Waals surface area contributed by atoms with Crippen LogP contribution in [0.5, 0.6) is 0 Å². The standard InChI is InChI=1S/C18H20N4O/c1-3-10-22-13-14(11-19-22)12-21(2)17-9-8-15-6-4-5-7-16(15)20-18(17)23/h1,4-7,11,13,17H,8-10,12H2,2H3,(H,20,23)/t17-/m0/s1. The second kappa shape index (κ2) is 6.67. The Kier molecular flexibility index (Phi) is 4.45. The lowest BCUT2D eigenvalue weighted by Crippen LogP contribution is -2.40. The highest BCUT2D eigenvalue weighted by Crippen LogP contribution is 2.23. The van der Waals surface area contributed by atoms with E-state index in [4.69, 9.17) is 6.42 Å². The molecule has 1 aromatic carbocycles. The number of aryl methyl sites for hydroxylation is 1. The van der Waals surface area contributed by atoms with Gasteiger partial charge in [-0.2, -0.15) is 5.10 Å². The van der Waals surface area contributed by atoms with Gasteiger partial charge in [0.15, 0.2) is 0 Å². The lowest BCUT2D eigenvalue weighted by atomic mass is 10.0. The van der Waals surface area contributed by atoms with Crippen molar-refractivity contribution < 1.29 is 4.79 Å². The quantitative estimate of drug-likeness (QED) is 0.878. The van der Waals surface area contributed by atoms with Gasteiger partial charge in [0.25, 0.3) is 0 Å². The maximum Gasteiger partial charge on any atom is 0.241 e. The summed E-state index contributed by atoms with van der Waals surface area (Å²) in [4.78, 5) is 14.6. The van der Waals surface area contributed by atoms with Crippen LogP contribution in [0.1, 0.15) is 17.5 Å². The molecule has 2 heterocycles. The van der Waals surface area contributed by atoms with E-state index in [1.165, 1.54) is 5.56 Å². The number of carbonyl (C=O) groups excluding carboxylic acids is 1. The summed E-state index contributed by atoms with van der Waals surface area (Å²) < 4.78 is 1.73. The van der Waals surface area contributed by atoms with Crippen molar-refractivity contribution in [3.63, 3.8) is 0 Å². The summed E-state index contributed by atoms with van der Waals surface area (Å²) in [7, 11) is 1.97. The van der Waals surface area contributed by atoms with E-state index in [9.17, 15) is 4.79 Å². The van der Waals surface area contributed by atoms with Crippen LogP contribution in [0.3, 0.4) is 0 Å². The fourth-order valence-corrected chi connectivity index (χ4v) is 2.99. The summed E-state index contributed by atoms with van der Waals surface area (Å²) in [6.07, 6.45) is 10.7. The van der Waals surface area contributed by atoms with Crippen LogP contribution < -0.4 is 5.32 Å². The van der Waals surface area contributed by atoms with E-state index in [1.54, 1.807) is 10.9 Å². The van der Waals surface area contributed by atoms with Crippen LogP contribution in [-0.2, 0) is 24.3 Å². The number of terminal acetylenes is 1. The van der Waals surface area contributed by atoms with Crippen LogP contribution in [0, 0.1) is 12.3 Å². The lowest BCUT2D eigenvalue weighted by Gasteiger charge is -2.25. The Labute approximate surface area is 136 Å². The Morgan fingerprint density at radius 2 is 2.30 bits per heavy atom. The van der Waals surface area contributed by atoms with Crippen LogP contribution >= 0.6 is 0 Å². The molecule has 1 atom stereocenters. The first kappa shape index (κ1) is 15.3. The Balaban J connectivity index is 1.69. The number of nitrogens with zero attached hydrogens (tertiary/aromatic N) is 3. The molecule has 118 valence electrons. The number of hydrogen-bond acceptors (Lipinski definition) is 3. The van der Waals surface area contributed by atoms with Gasteiger partial charge >= 0.3 is 0 Å². The van der Waals surface area contributed by atoms with E-state index in [-0.39, 0.29) is 11.9 Å². The molecular weight excluding hydrogens is 288 g/mol. The highest BCUT2D eigenvalue weighted by molar-refractivity contribution is 5.96. The number of nitrogens with one attached hydrogen (secondary N) is 1. The van der Waals surface area contributed by atoms with Gasteiger partial charge in [-0.15, -0.1) is 6.42 Å². The predicted molar refractivity (Wildman–Crippen MR) is 89.7 cm³/mol. The van der Waals surface area contributed by atoms with Crippen LogP contribution in [0.4, 0.5) is 5.69 Å². The van der Waals surface area contributed by atoms with Crippen molar-refractivity contribution in [1.29, 1.82) is 0 Å². The van der Waals surface area contributed by atoms with Gasteiger partial charge in [-0.3, -0.25) is 14.4 Å². The molecule has 0 aliphatic carbocycles. The highest BCUT2D eigenvalue weighted by atomic mass is 16.2. The molecule has 2 aromatic rings. The number of carbonyl (C=O) groups is 1. The number of anilines is 1. The van der Waals surface area contributed by atoms with Crippen molar-refractivity contribution in [2.45, 2.75) is 32.0 Å². The number of rotatable bonds is 4. The van der Waals surface area contributed by atoms with Crippen molar-refractivity contribution >= 4 is 11.6 Å². The Morgan fingerprint density at radius 3 is 3.13 bits per heavy atom. The smallest absolute Gasteiger partial charge is 0.241 e. The lowest BCUT2D eigenvalue weighted by molar-refractivity contribution is -0.121. The zero-order valence-corrected chi connectivity index (χ0v) is 13.2. The van der Waals surface area contributed by atoms with Gasteiger partial charge < -0.3 is 5.32 Å².